The van der Waals surface area contributed by atoms with Crippen LogP contribution in [0.4, 0.5) is 11.5 Å². The second-order valence-electron chi connectivity index (χ2n) is 9.19. The van der Waals surface area contributed by atoms with E-state index in [9.17, 15) is 14.4 Å². The van der Waals surface area contributed by atoms with Gasteiger partial charge in [-0.15, -0.1) is 0 Å². The van der Waals surface area contributed by atoms with Crippen LogP contribution in [0.1, 0.15) is 45.7 Å². The standard InChI is InChI=1S/C24H34N4O4/c1-16(2)15-28-21(25)20(22(30)26-23(28)31)27(13-14-32-6)19(29)12-9-17-7-10-18(11-8-17)24(3,4)5/h7-12,16H,13-15,25H2,1-6H3,(H,26,30,31)/b12-9+. The molecule has 8 heteroatoms. The summed E-state index contributed by atoms with van der Waals surface area (Å²) >= 11 is 0. The van der Waals surface area contributed by atoms with E-state index in [0.717, 1.165) is 5.56 Å². The number of hydrogen-bond acceptors (Lipinski definition) is 5. The molecule has 2 aromatic rings. The molecule has 0 bridgehead atoms. The summed E-state index contributed by atoms with van der Waals surface area (Å²) in [6.07, 6.45) is 3.07. The zero-order valence-corrected chi connectivity index (χ0v) is 19.8. The number of hydrogen-bond donors (Lipinski definition) is 2. The molecule has 1 heterocycles. The highest BCUT2D eigenvalue weighted by Crippen LogP contribution is 2.23. The molecule has 1 aromatic heterocycles. The number of anilines is 2. The van der Waals surface area contributed by atoms with E-state index in [-0.39, 0.29) is 36.0 Å². The van der Waals surface area contributed by atoms with Gasteiger partial charge in [0, 0.05) is 26.3 Å². The molecule has 1 aromatic carbocycles. The fraction of sp³-hybridized carbons (Fsp3) is 0.458. The Morgan fingerprint density at radius 1 is 1.22 bits per heavy atom. The molecule has 32 heavy (non-hydrogen) atoms. The van der Waals surface area contributed by atoms with Crippen molar-refractivity contribution in [3.63, 3.8) is 0 Å². The van der Waals surface area contributed by atoms with E-state index in [0.29, 0.717) is 6.54 Å². The summed E-state index contributed by atoms with van der Waals surface area (Å²) in [5.74, 6) is -0.360. The third kappa shape index (κ3) is 6.20. The van der Waals surface area contributed by atoms with Crippen LogP contribution in [0.5, 0.6) is 0 Å². The number of benzene rings is 1. The van der Waals surface area contributed by atoms with E-state index in [1.807, 2.05) is 38.1 Å². The number of aromatic nitrogens is 2. The molecule has 1 amide bonds. The summed E-state index contributed by atoms with van der Waals surface area (Å²) < 4.78 is 6.39. The fourth-order valence-corrected chi connectivity index (χ4v) is 3.25. The maximum atomic E-state index is 13.1. The maximum absolute atomic E-state index is 13.1. The van der Waals surface area contributed by atoms with Crippen molar-refractivity contribution in [3.05, 3.63) is 62.3 Å². The first-order valence-corrected chi connectivity index (χ1v) is 10.7. The third-order valence-electron chi connectivity index (χ3n) is 5.01. The van der Waals surface area contributed by atoms with Gasteiger partial charge >= 0.3 is 5.69 Å². The first kappa shape index (κ1) is 25.1. The first-order chi connectivity index (χ1) is 15.0. The summed E-state index contributed by atoms with van der Waals surface area (Å²) in [5.41, 5.74) is 6.91. The SMILES string of the molecule is COCCN(C(=O)/C=C/c1ccc(C(C)(C)C)cc1)c1c(N)n(CC(C)C)c(=O)[nH]c1=O. The van der Waals surface area contributed by atoms with Crippen LogP contribution in [0.15, 0.2) is 39.9 Å². The molecule has 0 atom stereocenters. The van der Waals surface area contributed by atoms with E-state index < -0.39 is 17.2 Å². The molecule has 3 N–H and O–H groups in total. The van der Waals surface area contributed by atoms with Crippen LogP contribution in [-0.4, -0.2) is 35.7 Å². The molecular weight excluding hydrogens is 408 g/mol. The second-order valence-corrected chi connectivity index (χ2v) is 9.19. The van der Waals surface area contributed by atoms with Crippen molar-refractivity contribution in [3.8, 4) is 0 Å². The Morgan fingerprint density at radius 2 is 1.84 bits per heavy atom. The highest BCUT2D eigenvalue weighted by molar-refractivity contribution is 6.05. The lowest BCUT2D eigenvalue weighted by atomic mass is 9.87. The molecule has 2 rings (SSSR count). The highest BCUT2D eigenvalue weighted by atomic mass is 16.5. The van der Waals surface area contributed by atoms with Crippen LogP contribution in [0.25, 0.3) is 6.08 Å². The molecule has 0 spiro atoms. The van der Waals surface area contributed by atoms with E-state index in [2.05, 4.69) is 25.8 Å². The first-order valence-electron chi connectivity index (χ1n) is 10.7. The lowest BCUT2D eigenvalue weighted by Gasteiger charge is -2.23. The van der Waals surface area contributed by atoms with Gasteiger partial charge in [0.25, 0.3) is 11.5 Å². The van der Waals surface area contributed by atoms with Gasteiger partial charge in [0.1, 0.15) is 5.82 Å². The van der Waals surface area contributed by atoms with Crippen LogP contribution >= 0.6 is 0 Å². The Hall–Kier alpha value is -3.13. The average Bonchev–Trinajstić information content (AvgIpc) is 2.71. The normalized spacial score (nSPS) is 12.0. The molecule has 174 valence electrons. The molecule has 0 unspecified atom stereocenters. The van der Waals surface area contributed by atoms with Crippen LogP contribution in [0.3, 0.4) is 0 Å². The minimum Gasteiger partial charge on any atom is -0.383 e. The van der Waals surface area contributed by atoms with Gasteiger partial charge in [-0.25, -0.2) is 4.79 Å². The number of H-pyrrole nitrogens is 1. The molecule has 0 saturated heterocycles. The van der Waals surface area contributed by atoms with Crippen LogP contribution in [-0.2, 0) is 21.5 Å². The Morgan fingerprint density at radius 3 is 2.38 bits per heavy atom. The van der Waals surface area contributed by atoms with E-state index in [1.165, 1.54) is 28.2 Å². The number of rotatable bonds is 8. The topological polar surface area (TPSA) is 110 Å². The quantitative estimate of drug-likeness (QED) is 0.611. The van der Waals surface area contributed by atoms with Crippen molar-refractivity contribution >= 4 is 23.5 Å². The van der Waals surface area contributed by atoms with Gasteiger partial charge in [-0.05, 0) is 28.5 Å². The largest absolute Gasteiger partial charge is 0.383 e. The van der Waals surface area contributed by atoms with E-state index >= 15 is 0 Å². The minimum absolute atomic E-state index is 0.0344. The lowest BCUT2D eigenvalue weighted by Crippen LogP contribution is -2.42. The Balaban J connectivity index is 2.42. The zero-order valence-electron chi connectivity index (χ0n) is 19.8. The maximum Gasteiger partial charge on any atom is 0.330 e. The predicted octanol–water partition coefficient (Wildman–Crippen LogP) is 2.77. The van der Waals surface area contributed by atoms with Gasteiger partial charge in [0.2, 0.25) is 0 Å². The number of aromatic amines is 1. The highest BCUT2D eigenvalue weighted by Gasteiger charge is 2.23. The number of amides is 1. The summed E-state index contributed by atoms with van der Waals surface area (Å²) in [6.45, 7) is 10.9. The summed E-state index contributed by atoms with van der Waals surface area (Å²) in [5, 5.41) is 0. The molecule has 0 fully saturated rings. The Labute approximate surface area is 188 Å². The minimum atomic E-state index is -0.708. The summed E-state index contributed by atoms with van der Waals surface area (Å²) in [6, 6.07) is 7.93. The number of nitrogens with two attached hydrogens (primary N) is 1. The smallest absolute Gasteiger partial charge is 0.330 e. The number of ether oxygens (including phenoxy) is 1. The zero-order chi connectivity index (χ0) is 24.1. The van der Waals surface area contributed by atoms with Crippen LogP contribution in [0, 0.1) is 5.92 Å². The van der Waals surface area contributed by atoms with Gasteiger partial charge in [0.15, 0.2) is 5.69 Å². The van der Waals surface area contributed by atoms with Crippen LogP contribution in [0.2, 0.25) is 0 Å². The van der Waals surface area contributed by atoms with Crippen molar-refractivity contribution < 1.29 is 9.53 Å². The molecule has 0 aliphatic rings. The molecule has 0 saturated carbocycles. The van der Waals surface area contributed by atoms with Gasteiger partial charge < -0.3 is 10.5 Å². The Kier molecular flexibility index (Phi) is 8.21. The average molecular weight is 443 g/mol. The number of nitrogens with zero attached hydrogens (tertiary/aromatic N) is 2. The molecule has 0 radical (unpaired) electrons. The monoisotopic (exact) mass is 442 g/mol. The van der Waals surface area contributed by atoms with Crippen LogP contribution < -0.4 is 21.9 Å². The molecule has 0 aliphatic heterocycles. The fourth-order valence-electron chi connectivity index (χ4n) is 3.25. The molecule has 8 nitrogen and oxygen atoms in total. The number of nitrogens with one attached hydrogen (secondary N) is 1. The van der Waals surface area contributed by atoms with Crippen molar-refractivity contribution in [1.82, 2.24) is 9.55 Å². The number of carbonyl (C=O) groups excluding carboxylic acids is 1. The van der Waals surface area contributed by atoms with Crippen molar-refractivity contribution in [1.29, 1.82) is 0 Å². The van der Waals surface area contributed by atoms with Crippen molar-refractivity contribution in [2.45, 2.75) is 46.6 Å². The molecular formula is C24H34N4O4. The van der Waals surface area contributed by atoms with Gasteiger partial charge in [-0.3, -0.25) is 24.0 Å². The third-order valence-corrected chi connectivity index (χ3v) is 5.01. The van der Waals surface area contributed by atoms with Gasteiger partial charge in [-0.1, -0.05) is 58.9 Å². The summed E-state index contributed by atoms with van der Waals surface area (Å²) in [4.78, 5) is 41.4. The van der Waals surface area contributed by atoms with E-state index in [1.54, 1.807) is 6.08 Å². The molecule has 0 aliphatic carbocycles. The van der Waals surface area contributed by atoms with Gasteiger partial charge in [0.05, 0.1) is 6.61 Å². The number of carbonyl (C=O) groups is 1. The Bertz CT molecular complexity index is 1070. The number of methoxy groups -OCH3 is 1. The summed E-state index contributed by atoms with van der Waals surface area (Å²) in [7, 11) is 1.50. The van der Waals surface area contributed by atoms with Crippen molar-refractivity contribution in [2.24, 2.45) is 5.92 Å². The number of nitrogen functional groups attached to an aromatic ring is 1. The predicted molar refractivity (Wildman–Crippen MR) is 129 cm³/mol. The van der Waals surface area contributed by atoms with Crippen molar-refractivity contribution in [2.75, 3.05) is 30.9 Å². The lowest BCUT2D eigenvalue weighted by molar-refractivity contribution is -0.114. The van der Waals surface area contributed by atoms with E-state index in [4.69, 9.17) is 10.5 Å². The second kappa shape index (κ2) is 10.5. The van der Waals surface area contributed by atoms with Gasteiger partial charge in [-0.2, -0.15) is 0 Å².